The lowest BCUT2D eigenvalue weighted by molar-refractivity contribution is 0.100. The fourth-order valence-corrected chi connectivity index (χ4v) is 3.86. The Morgan fingerprint density at radius 2 is 1.48 bits per heavy atom. The highest BCUT2D eigenvalue weighted by molar-refractivity contribution is 6.07. The Labute approximate surface area is 183 Å². The first kappa shape index (κ1) is 22.0. The van der Waals surface area contributed by atoms with Gasteiger partial charge in [0.15, 0.2) is 0 Å². The lowest BCUT2D eigenvalue weighted by Gasteiger charge is -2.16. The van der Waals surface area contributed by atoms with E-state index in [2.05, 4.69) is 37.3 Å². The first-order valence-electron chi connectivity index (χ1n) is 10.5. The summed E-state index contributed by atoms with van der Waals surface area (Å²) in [6.45, 7) is 5.81. The van der Waals surface area contributed by atoms with Crippen LogP contribution in [0.3, 0.4) is 0 Å². The van der Waals surface area contributed by atoms with Crippen molar-refractivity contribution >= 4 is 16.7 Å². The summed E-state index contributed by atoms with van der Waals surface area (Å²) in [5.74, 6) is -0.530. The SMILES string of the molecule is CCCc1ccccc1.Cc1cccc2c(C(N)=O)c(C)n(-c3ccccc3)c(=O)c12. The molecule has 0 saturated carbocycles. The van der Waals surface area contributed by atoms with Crippen molar-refractivity contribution in [1.29, 1.82) is 0 Å². The van der Waals surface area contributed by atoms with Gasteiger partial charge in [-0.3, -0.25) is 14.2 Å². The molecule has 1 heterocycles. The fraction of sp³-hybridized carbons (Fsp3) is 0.185. The number of nitrogens with zero attached hydrogens (tertiary/aromatic N) is 1. The topological polar surface area (TPSA) is 65.1 Å². The summed E-state index contributed by atoms with van der Waals surface area (Å²) in [5.41, 5.74) is 9.38. The second kappa shape index (κ2) is 9.90. The zero-order valence-electron chi connectivity index (χ0n) is 18.3. The molecule has 3 aromatic carbocycles. The Bertz CT molecular complexity index is 1240. The van der Waals surface area contributed by atoms with Crippen LogP contribution in [0.2, 0.25) is 0 Å². The Hall–Kier alpha value is -3.66. The summed E-state index contributed by atoms with van der Waals surface area (Å²) in [4.78, 5) is 24.9. The lowest BCUT2D eigenvalue weighted by atomic mass is 10.00. The van der Waals surface area contributed by atoms with Gasteiger partial charge in [0.05, 0.1) is 10.9 Å². The number of fused-ring (bicyclic) bond motifs is 1. The molecule has 158 valence electrons. The number of carbonyl (C=O) groups is 1. The summed E-state index contributed by atoms with van der Waals surface area (Å²) < 4.78 is 1.55. The Morgan fingerprint density at radius 1 is 0.871 bits per heavy atom. The van der Waals surface area contributed by atoms with Crippen molar-refractivity contribution in [2.24, 2.45) is 5.73 Å². The number of para-hydroxylation sites is 1. The molecular weight excluding hydrogens is 384 g/mol. The van der Waals surface area contributed by atoms with Gasteiger partial charge in [-0.05, 0) is 43.5 Å². The molecule has 0 aliphatic heterocycles. The van der Waals surface area contributed by atoms with Gasteiger partial charge >= 0.3 is 0 Å². The number of primary amides is 1. The van der Waals surface area contributed by atoms with Gasteiger partial charge in [0, 0.05) is 16.8 Å². The second-order valence-electron chi connectivity index (χ2n) is 7.53. The molecule has 0 aliphatic carbocycles. The van der Waals surface area contributed by atoms with Crippen LogP contribution in [0.1, 0.15) is 40.5 Å². The maximum absolute atomic E-state index is 13.0. The molecule has 0 aliphatic rings. The van der Waals surface area contributed by atoms with Crippen LogP contribution in [-0.2, 0) is 6.42 Å². The predicted molar refractivity (Wildman–Crippen MR) is 128 cm³/mol. The average Bonchev–Trinajstić information content (AvgIpc) is 2.76. The van der Waals surface area contributed by atoms with Crippen molar-refractivity contribution in [1.82, 2.24) is 4.57 Å². The van der Waals surface area contributed by atoms with Gasteiger partial charge in [0.2, 0.25) is 0 Å². The standard InChI is InChI=1S/C18H16N2O2.C9H12/c1-11-7-6-10-14-15(11)18(22)20(12(2)16(14)17(19)21)13-8-4-3-5-9-13;1-2-6-9-7-4-3-5-8-9/h3-10H,1-2H3,(H2,19,21);3-5,7-8H,2,6H2,1H3. The number of rotatable bonds is 4. The molecule has 4 aromatic rings. The molecule has 2 N–H and O–H groups in total. The van der Waals surface area contributed by atoms with E-state index in [1.54, 1.807) is 17.6 Å². The van der Waals surface area contributed by atoms with Crippen molar-refractivity contribution in [2.75, 3.05) is 0 Å². The van der Waals surface area contributed by atoms with Crippen LogP contribution in [0.25, 0.3) is 16.5 Å². The molecule has 0 spiro atoms. The monoisotopic (exact) mass is 412 g/mol. The average molecular weight is 413 g/mol. The van der Waals surface area contributed by atoms with Gasteiger partial charge in [-0.1, -0.05) is 80.1 Å². The van der Waals surface area contributed by atoms with Crippen LogP contribution >= 0.6 is 0 Å². The Morgan fingerprint density at radius 3 is 2.06 bits per heavy atom. The third-order valence-corrected chi connectivity index (χ3v) is 5.30. The van der Waals surface area contributed by atoms with E-state index in [0.29, 0.717) is 22.0 Å². The van der Waals surface area contributed by atoms with E-state index in [1.165, 1.54) is 18.4 Å². The molecule has 31 heavy (non-hydrogen) atoms. The van der Waals surface area contributed by atoms with Crippen LogP contribution < -0.4 is 11.3 Å². The van der Waals surface area contributed by atoms with Gasteiger partial charge in [-0.15, -0.1) is 0 Å². The van der Waals surface area contributed by atoms with E-state index in [9.17, 15) is 9.59 Å². The highest BCUT2D eigenvalue weighted by Crippen LogP contribution is 2.23. The van der Waals surface area contributed by atoms with E-state index >= 15 is 0 Å². The minimum atomic E-state index is -0.530. The summed E-state index contributed by atoms with van der Waals surface area (Å²) in [7, 11) is 0. The molecule has 1 amide bonds. The summed E-state index contributed by atoms with van der Waals surface area (Å²) >= 11 is 0. The van der Waals surface area contributed by atoms with E-state index in [-0.39, 0.29) is 5.56 Å². The quantitative estimate of drug-likeness (QED) is 0.491. The predicted octanol–water partition coefficient (Wildman–Crippen LogP) is 5.35. The van der Waals surface area contributed by atoms with Gasteiger partial charge < -0.3 is 5.73 Å². The van der Waals surface area contributed by atoms with Crippen molar-refractivity contribution in [2.45, 2.75) is 33.6 Å². The molecule has 0 unspecified atom stereocenters. The molecule has 0 atom stereocenters. The maximum Gasteiger partial charge on any atom is 0.263 e. The van der Waals surface area contributed by atoms with Crippen molar-refractivity contribution < 1.29 is 4.79 Å². The third kappa shape index (κ3) is 4.75. The molecule has 0 radical (unpaired) electrons. The molecule has 0 saturated heterocycles. The number of aryl methyl sites for hydroxylation is 2. The van der Waals surface area contributed by atoms with E-state index < -0.39 is 5.91 Å². The molecule has 4 nitrogen and oxygen atoms in total. The minimum absolute atomic E-state index is 0.137. The number of hydrogen-bond acceptors (Lipinski definition) is 2. The molecule has 0 bridgehead atoms. The zero-order chi connectivity index (χ0) is 22.4. The Balaban J connectivity index is 0.000000254. The van der Waals surface area contributed by atoms with Crippen LogP contribution in [0.5, 0.6) is 0 Å². The van der Waals surface area contributed by atoms with Gasteiger partial charge in [-0.25, -0.2) is 0 Å². The van der Waals surface area contributed by atoms with Crippen LogP contribution in [0.4, 0.5) is 0 Å². The number of hydrogen-bond donors (Lipinski definition) is 1. The van der Waals surface area contributed by atoms with E-state index in [0.717, 1.165) is 11.3 Å². The number of nitrogens with two attached hydrogens (primary N) is 1. The normalized spacial score (nSPS) is 10.4. The van der Waals surface area contributed by atoms with Gasteiger partial charge in [0.25, 0.3) is 11.5 Å². The number of benzene rings is 3. The number of pyridine rings is 1. The van der Waals surface area contributed by atoms with Crippen LogP contribution in [0, 0.1) is 13.8 Å². The maximum atomic E-state index is 13.0. The largest absolute Gasteiger partial charge is 0.366 e. The Kier molecular flexibility index (Phi) is 7.03. The van der Waals surface area contributed by atoms with Crippen molar-refractivity contribution in [3.8, 4) is 5.69 Å². The molecule has 0 fully saturated rings. The molecule has 4 rings (SSSR count). The molecule has 4 heteroatoms. The highest BCUT2D eigenvalue weighted by atomic mass is 16.1. The summed E-state index contributed by atoms with van der Waals surface area (Å²) in [5, 5.41) is 1.15. The van der Waals surface area contributed by atoms with Crippen molar-refractivity contribution in [3.63, 3.8) is 0 Å². The molecular formula is C27H28N2O2. The zero-order valence-corrected chi connectivity index (χ0v) is 18.3. The van der Waals surface area contributed by atoms with E-state index in [4.69, 9.17) is 5.73 Å². The number of aromatic nitrogens is 1. The second-order valence-corrected chi connectivity index (χ2v) is 7.53. The number of amides is 1. The highest BCUT2D eigenvalue weighted by Gasteiger charge is 2.19. The lowest BCUT2D eigenvalue weighted by Crippen LogP contribution is -2.26. The summed E-state index contributed by atoms with van der Waals surface area (Å²) in [6.07, 6.45) is 2.45. The van der Waals surface area contributed by atoms with Crippen LogP contribution in [0.15, 0.2) is 83.7 Å². The minimum Gasteiger partial charge on any atom is -0.366 e. The van der Waals surface area contributed by atoms with E-state index in [1.807, 2.05) is 49.4 Å². The molecule has 1 aromatic heterocycles. The van der Waals surface area contributed by atoms with Gasteiger partial charge in [0.1, 0.15) is 0 Å². The smallest absolute Gasteiger partial charge is 0.263 e. The number of carbonyl (C=O) groups excluding carboxylic acids is 1. The first-order valence-corrected chi connectivity index (χ1v) is 10.5. The fourth-order valence-electron chi connectivity index (χ4n) is 3.86. The third-order valence-electron chi connectivity index (χ3n) is 5.30. The first-order chi connectivity index (χ1) is 15.0. The van der Waals surface area contributed by atoms with Crippen molar-refractivity contribution in [3.05, 3.63) is 112 Å². The van der Waals surface area contributed by atoms with Gasteiger partial charge in [-0.2, -0.15) is 0 Å². The summed E-state index contributed by atoms with van der Waals surface area (Å²) in [6, 6.07) is 25.3. The van der Waals surface area contributed by atoms with Crippen LogP contribution in [-0.4, -0.2) is 10.5 Å².